The summed E-state index contributed by atoms with van der Waals surface area (Å²) in [5.41, 5.74) is 2.34. The van der Waals surface area contributed by atoms with Crippen LogP contribution < -0.4 is 9.64 Å². The number of hydrogen-bond donors (Lipinski definition) is 0. The summed E-state index contributed by atoms with van der Waals surface area (Å²) in [6.45, 7) is 4.78. The van der Waals surface area contributed by atoms with E-state index in [2.05, 4.69) is 10.1 Å². The van der Waals surface area contributed by atoms with E-state index >= 15 is 0 Å². The molecule has 1 aromatic carbocycles. The summed E-state index contributed by atoms with van der Waals surface area (Å²) in [5.74, 6) is 0.841. The summed E-state index contributed by atoms with van der Waals surface area (Å²) in [6, 6.07) is 7.99. The second-order valence-electron chi connectivity index (χ2n) is 5.29. The molecule has 0 atom stereocenters. The average molecular weight is 301 g/mol. The van der Waals surface area contributed by atoms with E-state index < -0.39 is 0 Å². The third kappa shape index (κ3) is 2.77. The number of hydrogen-bond acceptors (Lipinski definition) is 5. The van der Waals surface area contributed by atoms with Crippen molar-refractivity contribution in [3.8, 4) is 5.75 Å². The number of carbonyl (C=O) groups excluding carboxylic acids is 1. The summed E-state index contributed by atoms with van der Waals surface area (Å²) >= 11 is 0. The van der Waals surface area contributed by atoms with Gasteiger partial charge in [0.25, 0.3) is 5.91 Å². The maximum absolute atomic E-state index is 12.4. The molecular formula is C16H19N3O3. The molecule has 1 fully saturated rings. The summed E-state index contributed by atoms with van der Waals surface area (Å²) < 4.78 is 10.0. The zero-order valence-electron chi connectivity index (χ0n) is 12.8. The largest absolute Gasteiger partial charge is 0.497 e. The van der Waals surface area contributed by atoms with Crippen molar-refractivity contribution in [2.24, 2.45) is 0 Å². The first-order valence-corrected chi connectivity index (χ1v) is 7.28. The molecule has 1 amide bonds. The van der Waals surface area contributed by atoms with Crippen LogP contribution in [0, 0.1) is 6.92 Å². The quantitative estimate of drug-likeness (QED) is 0.867. The van der Waals surface area contributed by atoms with Crippen molar-refractivity contribution >= 4 is 11.6 Å². The van der Waals surface area contributed by atoms with E-state index in [1.54, 1.807) is 14.0 Å². The number of ether oxygens (including phenoxy) is 1. The van der Waals surface area contributed by atoms with Gasteiger partial charge in [0.1, 0.15) is 17.6 Å². The Kier molecular flexibility index (Phi) is 4.00. The minimum atomic E-state index is -0.00636. The van der Waals surface area contributed by atoms with Gasteiger partial charge < -0.3 is 19.1 Å². The highest BCUT2D eigenvalue weighted by Crippen LogP contribution is 2.21. The van der Waals surface area contributed by atoms with Gasteiger partial charge in [0.15, 0.2) is 0 Å². The van der Waals surface area contributed by atoms with Gasteiger partial charge in [-0.3, -0.25) is 4.79 Å². The number of anilines is 1. The molecule has 0 aliphatic carbocycles. The predicted molar refractivity (Wildman–Crippen MR) is 82.4 cm³/mol. The maximum atomic E-state index is 12.4. The standard InChI is InChI=1S/C16H19N3O3/c1-12-15(11-22-17-12)16(20)19-9-7-18(8-10-19)13-3-5-14(21-2)6-4-13/h3-6,11H,7-10H2,1-2H3. The van der Waals surface area contributed by atoms with Crippen LogP contribution in [0.25, 0.3) is 0 Å². The zero-order valence-corrected chi connectivity index (χ0v) is 12.8. The number of nitrogens with zero attached hydrogens (tertiary/aromatic N) is 3. The molecule has 6 heteroatoms. The second kappa shape index (κ2) is 6.09. The van der Waals surface area contributed by atoms with Crippen molar-refractivity contribution in [3.05, 3.63) is 41.8 Å². The highest BCUT2D eigenvalue weighted by molar-refractivity contribution is 5.95. The molecule has 3 rings (SSSR count). The van der Waals surface area contributed by atoms with Crippen molar-refractivity contribution in [3.63, 3.8) is 0 Å². The minimum Gasteiger partial charge on any atom is -0.497 e. The van der Waals surface area contributed by atoms with Crippen LogP contribution in [0.2, 0.25) is 0 Å². The topological polar surface area (TPSA) is 58.8 Å². The lowest BCUT2D eigenvalue weighted by atomic mass is 10.2. The van der Waals surface area contributed by atoms with Gasteiger partial charge in [-0.05, 0) is 31.2 Å². The van der Waals surface area contributed by atoms with Crippen LogP contribution in [-0.2, 0) is 0 Å². The Morgan fingerprint density at radius 2 is 1.86 bits per heavy atom. The minimum absolute atomic E-state index is 0.00636. The first kappa shape index (κ1) is 14.4. The van der Waals surface area contributed by atoms with Crippen LogP contribution in [-0.4, -0.2) is 49.3 Å². The molecule has 6 nitrogen and oxygen atoms in total. The third-order valence-corrected chi connectivity index (χ3v) is 3.98. The van der Waals surface area contributed by atoms with Crippen LogP contribution in [0.1, 0.15) is 16.1 Å². The molecule has 2 heterocycles. The van der Waals surface area contributed by atoms with Crippen LogP contribution in [0.3, 0.4) is 0 Å². The van der Waals surface area contributed by atoms with Gasteiger partial charge in [-0.1, -0.05) is 5.16 Å². The molecule has 22 heavy (non-hydrogen) atoms. The SMILES string of the molecule is COc1ccc(N2CCN(C(=O)c3conc3C)CC2)cc1. The average Bonchev–Trinajstić information content (AvgIpc) is 3.00. The Balaban J connectivity index is 1.62. The zero-order chi connectivity index (χ0) is 15.5. The maximum Gasteiger partial charge on any atom is 0.259 e. The lowest BCUT2D eigenvalue weighted by molar-refractivity contribution is 0.0745. The van der Waals surface area contributed by atoms with E-state index in [0.29, 0.717) is 24.3 Å². The van der Waals surface area contributed by atoms with Crippen molar-refractivity contribution in [2.75, 3.05) is 38.2 Å². The van der Waals surface area contributed by atoms with Crippen molar-refractivity contribution in [2.45, 2.75) is 6.92 Å². The Morgan fingerprint density at radius 3 is 2.41 bits per heavy atom. The van der Waals surface area contributed by atoms with Gasteiger partial charge in [0.05, 0.1) is 12.8 Å². The predicted octanol–water partition coefficient (Wildman–Crippen LogP) is 1.95. The van der Waals surface area contributed by atoms with Crippen LogP contribution in [0.4, 0.5) is 5.69 Å². The van der Waals surface area contributed by atoms with Gasteiger partial charge in [0.2, 0.25) is 0 Å². The number of carbonyl (C=O) groups is 1. The van der Waals surface area contributed by atoms with E-state index in [1.807, 2.05) is 29.2 Å². The van der Waals surface area contributed by atoms with Crippen LogP contribution in [0.15, 0.2) is 35.1 Å². The summed E-state index contributed by atoms with van der Waals surface area (Å²) in [6.07, 6.45) is 1.42. The Hall–Kier alpha value is -2.50. The number of piperazine rings is 1. The first-order chi connectivity index (χ1) is 10.7. The van der Waals surface area contributed by atoms with Crippen molar-refractivity contribution in [1.29, 1.82) is 0 Å². The monoisotopic (exact) mass is 301 g/mol. The highest BCUT2D eigenvalue weighted by atomic mass is 16.5. The van der Waals surface area contributed by atoms with Crippen molar-refractivity contribution < 1.29 is 14.1 Å². The molecule has 116 valence electrons. The molecule has 1 aromatic heterocycles. The lowest BCUT2D eigenvalue weighted by Gasteiger charge is -2.36. The molecule has 0 radical (unpaired) electrons. The molecule has 0 bridgehead atoms. The van der Waals surface area contributed by atoms with Crippen molar-refractivity contribution in [1.82, 2.24) is 10.1 Å². The van der Waals surface area contributed by atoms with E-state index in [0.717, 1.165) is 24.5 Å². The van der Waals surface area contributed by atoms with Crippen LogP contribution >= 0.6 is 0 Å². The number of aromatic nitrogens is 1. The molecular weight excluding hydrogens is 282 g/mol. The van der Waals surface area contributed by atoms with Gasteiger partial charge in [-0.15, -0.1) is 0 Å². The number of amides is 1. The molecule has 0 saturated carbocycles. The number of rotatable bonds is 3. The van der Waals surface area contributed by atoms with E-state index in [1.165, 1.54) is 6.26 Å². The normalized spacial score (nSPS) is 15.0. The number of methoxy groups -OCH3 is 1. The second-order valence-corrected chi connectivity index (χ2v) is 5.29. The van der Waals surface area contributed by atoms with Gasteiger partial charge in [-0.25, -0.2) is 0 Å². The Bertz CT molecular complexity index is 643. The number of aryl methyl sites for hydroxylation is 1. The highest BCUT2D eigenvalue weighted by Gasteiger charge is 2.24. The fourth-order valence-electron chi connectivity index (χ4n) is 2.63. The Labute approximate surface area is 129 Å². The fraction of sp³-hybridized carbons (Fsp3) is 0.375. The molecule has 2 aromatic rings. The summed E-state index contributed by atoms with van der Waals surface area (Å²) in [7, 11) is 1.66. The van der Waals surface area contributed by atoms with Gasteiger partial charge in [0, 0.05) is 31.9 Å². The lowest BCUT2D eigenvalue weighted by Crippen LogP contribution is -2.48. The smallest absolute Gasteiger partial charge is 0.259 e. The molecule has 1 aliphatic rings. The van der Waals surface area contributed by atoms with Crippen LogP contribution in [0.5, 0.6) is 5.75 Å². The van der Waals surface area contributed by atoms with E-state index in [4.69, 9.17) is 9.26 Å². The molecule has 0 spiro atoms. The fourth-order valence-corrected chi connectivity index (χ4v) is 2.63. The van der Waals surface area contributed by atoms with E-state index in [-0.39, 0.29) is 5.91 Å². The van der Waals surface area contributed by atoms with Gasteiger partial charge >= 0.3 is 0 Å². The molecule has 1 aliphatic heterocycles. The first-order valence-electron chi connectivity index (χ1n) is 7.28. The third-order valence-electron chi connectivity index (χ3n) is 3.98. The van der Waals surface area contributed by atoms with Gasteiger partial charge in [-0.2, -0.15) is 0 Å². The molecule has 0 unspecified atom stereocenters. The molecule has 0 N–H and O–H groups in total. The molecule has 1 saturated heterocycles. The number of benzene rings is 1. The summed E-state index contributed by atoms with van der Waals surface area (Å²) in [5, 5.41) is 3.77. The van der Waals surface area contributed by atoms with E-state index in [9.17, 15) is 4.79 Å². The Morgan fingerprint density at radius 1 is 1.18 bits per heavy atom. The summed E-state index contributed by atoms with van der Waals surface area (Å²) in [4.78, 5) is 16.5.